The van der Waals surface area contributed by atoms with Gasteiger partial charge in [0, 0.05) is 13.2 Å². The highest BCUT2D eigenvalue weighted by Crippen LogP contribution is 2.23. The summed E-state index contributed by atoms with van der Waals surface area (Å²) in [5.41, 5.74) is 8.22. The minimum atomic E-state index is 0.163. The van der Waals surface area contributed by atoms with E-state index in [4.69, 9.17) is 0 Å². The van der Waals surface area contributed by atoms with Crippen LogP contribution in [0.15, 0.2) is 48.5 Å². The van der Waals surface area contributed by atoms with E-state index in [0.717, 1.165) is 24.2 Å². The number of para-hydroxylation sites is 2. The highest BCUT2D eigenvalue weighted by atomic mass is 16.2. The molecular weight excluding hydrogens is 260 g/mol. The first-order chi connectivity index (χ1) is 10.3. The molecule has 0 saturated carbocycles. The normalized spacial score (nSPS) is 10.4. The molecule has 2 aromatic rings. The Morgan fingerprint density at radius 2 is 1.62 bits per heavy atom. The number of benzene rings is 2. The molecule has 3 nitrogen and oxygen atoms in total. The van der Waals surface area contributed by atoms with E-state index >= 15 is 0 Å². The zero-order chi connectivity index (χ0) is 15.1. The number of hydrazine groups is 1. The maximum atomic E-state index is 9.19. The fourth-order valence-corrected chi connectivity index (χ4v) is 2.50. The Bertz CT molecular complexity index is 569. The first-order valence-corrected chi connectivity index (χ1v) is 7.61. The lowest BCUT2D eigenvalue weighted by Crippen LogP contribution is -2.30. The van der Waals surface area contributed by atoms with Gasteiger partial charge in [-0.05, 0) is 43.0 Å². The van der Waals surface area contributed by atoms with E-state index in [1.807, 2.05) is 12.1 Å². The van der Waals surface area contributed by atoms with Crippen LogP contribution in [0.1, 0.15) is 25.0 Å². The lowest BCUT2D eigenvalue weighted by molar-refractivity contribution is 0.300. The Balaban J connectivity index is 2.27. The predicted molar refractivity (Wildman–Crippen MR) is 89.7 cm³/mol. The van der Waals surface area contributed by atoms with Crippen molar-refractivity contribution in [3.05, 3.63) is 59.7 Å². The molecule has 0 atom stereocenters. The van der Waals surface area contributed by atoms with Gasteiger partial charge in [0.15, 0.2) is 0 Å². The van der Waals surface area contributed by atoms with Crippen LogP contribution in [0.2, 0.25) is 0 Å². The number of nitrogens with zero attached hydrogens (tertiary/aromatic N) is 1. The Labute approximate surface area is 127 Å². The summed E-state index contributed by atoms with van der Waals surface area (Å²) in [5, 5.41) is 11.4. The van der Waals surface area contributed by atoms with Crippen LogP contribution in [0, 0.1) is 0 Å². The number of aryl methyl sites for hydroxylation is 1. The first-order valence-electron chi connectivity index (χ1n) is 7.61. The smallest absolute Gasteiger partial charge is 0.0603 e. The van der Waals surface area contributed by atoms with Gasteiger partial charge in [0.2, 0.25) is 0 Å². The van der Waals surface area contributed by atoms with E-state index in [0.29, 0.717) is 6.42 Å². The Hall–Kier alpha value is -2.00. The number of hydrogen-bond donors (Lipinski definition) is 2. The van der Waals surface area contributed by atoms with E-state index in [1.54, 1.807) is 0 Å². The van der Waals surface area contributed by atoms with Gasteiger partial charge in [-0.3, -0.25) is 10.4 Å². The zero-order valence-corrected chi connectivity index (χ0v) is 12.8. The summed E-state index contributed by atoms with van der Waals surface area (Å²) in [6.07, 6.45) is 1.67. The number of anilines is 2. The van der Waals surface area contributed by atoms with Crippen molar-refractivity contribution < 1.29 is 5.11 Å². The molecule has 0 aromatic heterocycles. The van der Waals surface area contributed by atoms with Gasteiger partial charge in [-0.1, -0.05) is 43.3 Å². The van der Waals surface area contributed by atoms with Gasteiger partial charge in [-0.15, -0.1) is 0 Å². The molecule has 0 spiro atoms. The SMILES string of the molecule is CCc1ccccc1N(CC)Nc1ccccc1CCO. The Kier molecular flexibility index (Phi) is 5.64. The summed E-state index contributed by atoms with van der Waals surface area (Å²) in [6, 6.07) is 16.6. The van der Waals surface area contributed by atoms with Crippen LogP contribution in [0.25, 0.3) is 0 Å². The predicted octanol–water partition coefficient (Wildman–Crippen LogP) is 3.64. The van der Waals surface area contributed by atoms with Gasteiger partial charge < -0.3 is 5.11 Å². The maximum absolute atomic E-state index is 9.19. The topological polar surface area (TPSA) is 35.5 Å². The van der Waals surface area contributed by atoms with Gasteiger partial charge in [0.25, 0.3) is 0 Å². The number of hydrogen-bond acceptors (Lipinski definition) is 3. The van der Waals surface area contributed by atoms with Crippen molar-refractivity contribution in [3.8, 4) is 0 Å². The van der Waals surface area contributed by atoms with Crippen LogP contribution in [-0.4, -0.2) is 18.3 Å². The average molecular weight is 284 g/mol. The molecule has 21 heavy (non-hydrogen) atoms. The molecule has 0 saturated heterocycles. The molecule has 0 unspecified atom stereocenters. The summed E-state index contributed by atoms with van der Waals surface area (Å²) in [5.74, 6) is 0. The third-order valence-corrected chi connectivity index (χ3v) is 3.63. The molecular formula is C18H24N2O. The van der Waals surface area contributed by atoms with E-state index in [9.17, 15) is 5.11 Å². The second kappa shape index (κ2) is 7.70. The largest absolute Gasteiger partial charge is 0.396 e. The minimum absolute atomic E-state index is 0.163. The number of rotatable bonds is 7. The molecule has 0 aliphatic rings. The minimum Gasteiger partial charge on any atom is -0.396 e. The van der Waals surface area contributed by atoms with E-state index in [1.165, 1.54) is 11.3 Å². The van der Waals surface area contributed by atoms with E-state index in [-0.39, 0.29) is 6.61 Å². The molecule has 112 valence electrons. The van der Waals surface area contributed by atoms with Crippen molar-refractivity contribution in [2.24, 2.45) is 0 Å². The highest BCUT2D eigenvalue weighted by Gasteiger charge is 2.10. The summed E-state index contributed by atoms with van der Waals surface area (Å²) in [4.78, 5) is 0. The van der Waals surface area contributed by atoms with E-state index < -0.39 is 0 Å². The lowest BCUT2D eigenvalue weighted by atomic mass is 10.1. The van der Waals surface area contributed by atoms with Crippen molar-refractivity contribution in [2.45, 2.75) is 26.7 Å². The van der Waals surface area contributed by atoms with Crippen molar-refractivity contribution in [2.75, 3.05) is 23.6 Å². The molecule has 3 heteroatoms. The number of nitrogens with one attached hydrogen (secondary N) is 1. The molecule has 0 heterocycles. The van der Waals surface area contributed by atoms with Crippen molar-refractivity contribution in [1.82, 2.24) is 0 Å². The molecule has 2 rings (SSSR count). The van der Waals surface area contributed by atoms with Crippen molar-refractivity contribution in [1.29, 1.82) is 0 Å². The van der Waals surface area contributed by atoms with Crippen molar-refractivity contribution in [3.63, 3.8) is 0 Å². The molecule has 0 amide bonds. The molecule has 2 N–H and O–H groups in total. The van der Waals surface area contributed by atoms with Crippen LogP contribution in [0.4, 0.5) is 11.4 Å². The van der Waals surface area contributed by atoms with E-state index in [2.05, 4.69) is 60.7 Å². The zero-order valence-electron chi connectivity index (χ0n) is 12.8. The maximum Gasteiger partial charge on any atom is 0.0603 e. The van der Waals surface area contributed by atoms with Crippen LogP contribution in [0.5, 0.6) is 0 Å². The third kappa shape index (κ3) is 3.76. The van der Waals surface area contributed by atoms with Crippen LogP contribution in [-0.2, 0) is 12.8 Å². The van der Waals surface area contributed by atoms with Gasteiger partial charge in [0.1, 0.15) is 0 Å². The van der Waals surface area contributed by atoms with Crippen LogP contribution >= 0.6 is 0 Å². The second-order valence-corrected chi connectivity index (χ2v) is 4.97. The van der Waals surface area contributed by atoms with Crippen LogP contribution < -0.4 is 10.4 Å². The van der Waals surface area contributed by atoms with Crippen molar-refractivity contribution >= 4 is 11.4 Å². The van der Waals surface area contributed by atoms with Crippen LogP contribution in [0.3, 0.4) is 0 Å². The molecule has 0 aliphatic carbocycles. The standard InChI is InChI=1S/C18H24N2O/c1-3-15-9-6-8-12-18(15)20(4-2)19-17-11-7-5-10-16(17)13-14-21/h5-12,19,21H,3-4,13-14H2,1-2H3. The molecule has 0 radical (unpaired) electrons. The monoisotopic (exact) mass is 284 g/mol. The summed E-state index contributed by atoms with van der Waals surface area (Å²) in [7, 11) is 0. The lowest BCUT2D eigenvalue weighted by Gasteiger charge is -2.28. The second-order valence-electron chi connectivity index (χ2n) is 4.97. The van der Waals surface area contributed by atoms with Gasteiger partial charge >= 0.3 is 0 Å². The fraction of sp³-hybridized carbons (Fsp3) is 0.333. The molecule has 0 fully saturated rings. The Morgan fingerprint density at radius 3 is 2.29 bits per heavy atom. The summed E-state index contributed by atoms with van der Waals surface area (Å²) in [6.45, 7) is 5.33. The van der Waals surface area contributed by atoms with Gasteiger partial charge in [-0.25, -0.2) is 0 Å². The summed E-state index contributed by atoms with van der Waals surface area (Å²) < 4.78 is 0. The molecule has 0 bridgehead atoms. The third-order valence-electron chi connectivity index (χ3n) is 3.63. The molecule has 2 aromatic carbocycles. The quantitative estimate of drug-likeness (QED) is 0.762. The number of aliphatic hydroxyl groups excluding tert-OH is 1. The van der Waals surface area contributed by atoms with Gasteiger partial charge in [0.05, 0.1) is 11.4 Å². The highest BCUT2D eigenvalue weighted by molar-refractivity contribution is 5.61. The average Bonchev–Trinajstić information content (AvgIpc) is 2.54. The van der Waals surface area contributed by atoms with Gasteiger partial charge in [-0.2, -0.15) is 0 Å². The number of aliphatic hydroxyl groups is 1. The Morgan fingerprint density at radius 1 is 0.952 bits per heavy atom. The molecule has 0 aliphatic heterocycles. The summed E-state index contributed by atoms with van der Waals surface area (Å²) >= 11 is 0. The first kappa shape index (κ1) is 15.4. The fourth-order valence-electron chi connectivity index (χ4n) is 2.50.